The number of rotatable bonds is 6. The molecule has 5 nitrogen and oxygen atoms in total. The van der Waals surface area contributed by atoms with Crippen LogP contribution >= 0.6 is 0 Å². The van der Waals surface area contributed by atoms with Crippen LogP contribution in [0.15, 0.2) is 30.3 Å². The van der Waals surface area contributed by atoms with Gasteiger partial charge < -0.3 is 15.2 Å². The predicted molar refractivity (Wildman–Crippen MR) is 77.7 cm³/mol. The maximum atomic E-state index is 12.1. The Morgan fingerprint density at radius 1 is 1.29 bits per heavy atom. The summed E-state index contributed by atoms with van der Waals surface area (Å²) in [6, 6.07) is 9.56. The molecule has 0 saturated heterocycles. The van der Waals surface area contributed by atoms with Gasteiger partial charge in [0, 0.05) is 0 Å². The molecule has 114 valence electrons. The smallest absolute Gasteiger partial charge is 0.329 e. The Morgan fingerprint density at radius 2 is 1.90 bits per heavy atom. The number of nitrogens with one attached hydrogen (secondary N) is 1. The van der Waals surface area contributed by atoms with E-state index in [4.69, 9.17) is 4.74 Å². The lowest BCUT2D eigenvalue weighted by Crippen LogP contribution is -2.55. The highest BCUT2D eigenvalue weighted by molar-refractivity contribution is 5.89. The van der Waals surface area contributed by atoms with Crippen molar-refractivity contribution in [3.05, 3.63) is 35.9 Å². The van der Waals surface area contributed by atoms with E-state index < -0.39 is 17.6 Å². The van der Waals surface area contributed by atoms with Gasteiger partial charge in [0.1, 0.15) is 11.6 Å². The normalized spacial score (nSPS) is 18.1. The molecule has 0 radical (unpaired) electrons. The molecule has 0 aromatic heterocycles. The van der Waals surface area contributed by atoms with Crippen LogP contribution in [0.1, 0.15) is 38.2 Å². The van der Waals surface area contributed by atoms with Crippen molar-refractivity contribution in [3.63, 3.8) is 0 Å². The summed E-state index contributed by atoms with van der Waals surface area (Å²) in [5.74, 6) is -1.32. The van der Waals surface area contributed by atoms with Crippen molar-refractivity contribution in [2.45, 2.75) is 50.9 Å². The van der Waals surface area contributed by atoms with E-state index >= 15 is 0 Å². The van der Waals surface area contributed by atoms with Crippen LogP contribution in [0.2, 0.25) is 0 Å². The Labute approximate surface area is 124 Å². The van der Waals surface area contributed by atoms with Crippen LogP contribution in [0.3, 0.4) is 0 Å². The van der Waals surface area contributed by atoms with Crippen LogP contribution in [-0.4, -0.2) is 28.6 Å². The Morgan fingerprint density at radius 3 is 2.48 bits per heavy atom. The molecule has 1 aliphatic rings. The van der Waals surface area contributed by atoms with Gasteiger partial charge in [0.2, 0.25) is 5.91 Å². The van der Waals surface area contributed by atoms with Gasteiger partial charge >= 0.3 is 5.97 Å². The summed E-state index contributed by atoms with van der Waals surface area (Å²) in [5.41, 5.74) is -0.132. The molecule has 0 heterocycles. The van der Waals surface area contributed by atoms with E-state index in [0.717, 1.165) is 18.4 Å². The van der Waals surface area contributed by atoms with Gasteiger partial charge in [-0.15, -0.1) is 0 Å². The van der Waals surface area contributed by atoms with Crippen molar-refractivity contribution in [2.24, 2.45) is 0 Å². The average molecular weight is 291 g/mol. The summed E-state index contributed by atoms with van der Waals surface area (Å²) in [6.45, 7) is 1.97. The van der Waals surface area contributed by atoms with Crippen LogP contribution in [-0.2, 0) is 20.9 Å². The van der Waals surface area contributed by atoms with Gasteiger partial charge in [0.15, 0.2) is 0 Å². The standard InChI is InChI=1S/C16H21NO4/c1-12(21-11-13-7-3-2-4-8-13)14(18)17-16(15(19)20)9-5-6-10-16/h2-4,7-8,12H,5-6,9-11H2,1H3,(H,17,18)(H,19,20). The summed E-state index contributed by atoms with van der Waals surface area (Å²) in [7, 11) is 0. The van der Waals surface area contributed by atoms with Crippen LogP contribution in [0, 0.1) is 0 Å². The third kappa shape index (κ3) is 3.82. The molecule has 1 aliphatic carbocycles. The fourth-order valence-electron chi connectivity index (χ4n) is 2.58. The van der Waals surface area contributed by atoms with Crippen LogP contribution in [0.4, 0.5) is 0 Å². The van der Waals surface area contributed by atoms with E-state index in [-0.39, 0.29) is 5.91 Å². The zero-order valence-corrected chi connectivity index (χ0v) is 12.2. The number of carbonyl (C=O) groups excluding carboxylic acids is 1. The quantitative estimate of drug-likeness (QED) is 0.841. The van der Waals surface area contributed by atoms with E-state index in [2.05, 4.69) is 5.32 Å². The minimum atomic E-state index is -1.11. The number of aliphatic carboxylic acids is 1. The molecule has 21 heavy (non-hydrogen) atoms. The maximum absolute atomic E-state index is 12.1. The molecular formula is C16H21NO4. The van der Waals surface area contributed by atoms with E-state index in [1.54, 1.807) is 6.92 Å². The van der Waals surface area contributed by atoms with E-state index in [0.29, 0.717) is 19.4 Å². The molecule has 1 atom stereocenters. The lowest BCUT2D eigenvalue weighted by Gasteiger charge is -2.27. The van der Waals surface area contributed by atoms with Crippen LogP contribution < -0.4 is 5.32 Å². The SMILES string of the molecule is CC(OCc1ccccc1)C(=O)NC1(C(=O)O)CCCC1. The van der Waals surface area contributed by atoms with Gasteiger partial charge in [0.25, 0.3) is 0 Å². The molecule has 2 N–H and O–H groups in total. The summed E-state index contributed by atoms with van der Waals surface area (Å²) in [5, 5.41) is 12.0. The fraction of sp³-hybridized carbons (Fsp3) is 0.500. The summed E-state index contributed by atoms with van der Waals surface area (Å²) < 4.78 is 5.52. The Balaban J connectivity index is 1.89. The third-order valence-electron chi connectivity index (χ3n) is 3.94. The second-order valence-corrected chi connectivity index (χ2v) is 5.52. The van der Waals surface area contributed by atoms with Crippen molar-refractivity contribution in [1.29, 1.82) is 0 Å². The highest BCUT2D eigenvalue weighted by Gasteiger charge is 2.43. The monoisotopic (exact) mass is 291 g/mol. The van der Waals surface area contributed by atoms with Crippen molar-refractivity contribution in [3.8, 4) is 0 Å². The fourth-order valence-corrected chi connectivity index (χ4v) is 2.58. The number of carboxylic acids is 1. The molecule has 1 saturated carbocycles. The number of ether oxygens (including phenoxy) is 1. The Kier molecular flexibility index (Phi) is 4.96. The topological polar surface area (TPSA) is 75.6 Å². The van der Waals surface area contributed by atoms with Crippen molar-refractivity contribution >= 4 is 11.9 Å². The molecule has 0 aliphatic heterocycles. The van der Waals surface area contributed by atoms with Crippen molar-refractivity contribution in [1.82, 2.24) is 5.32 Å². The van der Waals surface area contributed by atoms with E-state index in [1.807, 2.05) is 30.3 Å². The molecule has 0 spiro atoms. The maximum Gasteiger partial charge on any atom is 0.329 e. The number of amides is 1. The molecule has 1 fully saturated rings. The average Bonchev–Trinajstić information content (AvgIpc) is 2.95. The second kappa shape index (κ2) is 6.72. The second-order valence-electron chi connectivity index (χ2n) is 5.52. The zero-order valence-electron chi connectivity index (χ0n) is 12.2. The first kappa shape index (κ1) is 15.5. The van der Waals surface area contributed by atoms with Gasteiger partial charge in [-0.3, -0.25) is 4.79 Å². The first-order valence-electron chi connectivity index (χ1n) is 7.24. The largest absolute Gasteiger partial charge is 0.480 e. The minimum Gasteiger partial charge on any atom is -0.480 e. The highest BCUT2D eigenvalue weighted by Crippen LogP contribution is 2.30. The lowest BCUT2D eigenvalue weighted by atomic mass is 9.97. The van der Waals surface area contributed by atoms with E-state index in [1.165, 1.54) is 0 Å². The van der Waals surface area contributed by atoms with Gasteiger partial charge in [-0.1, -0.05) is 43.2 Å². The number of hydrogen-bond acceptors (Lipinski definition) is 3. The van der Waals surface area contributed by atoms with Gasteiger partial charge in [-0.2, -0.15) is 0 Å². The zero-order chi connectivity index (χ0) is 15.3. The summed E-state index contributed by atoms with van der Waals surface area (Å²) >= 11 is 0. The number of carbonyl (C=O) groups is 2. The summed E-state index contributed by atoms with van der Waals surface area (Å²) in [4.78, 5) is 23.5. The van der Waals surface area contributed by atoms with Crippen molar-refractivity contribution in [2.75, 3.05) is 0 Å². The van der Waals surface area contributed by atoms with Gasteiger partial charge in [-0.25, -0.2) is 4.79 Å². The Bertz CT molecular complexity index is 494. The molecular weight excluding hydrogens is 270 g/mol. The van der Waals surface area contributed by atoms with Gasteiger partial charge in [-0.05, 0) is 25.3 Å². The molecule has 5 heteroatoms. The molecule has 1 unspecified atom stereocenters. The third-order valence-corrected chi connectivity index (χ3v) is 3.94. The molecule has 0 bridgehead atoms. The van der Waals surface area contributed by atoms with Gasteiger partial charge in [0.05, 0.1) is 6.61 Å². The molecule has 1 amide bonds. The molecule has 2 rings (SSSR count). The lowest BCUT2D eigenvalue weighted by molar-refractivity contribution is -0.149. The Hall–Kier alpha value is -1.88. The van der Waals surface area contributed by atoms with Crippen LogP contribution in [0.25, 0.3) is 0 Å². The molecule has 1 aromatic rings. The predicted octanol–water partition coefficient (Wildman–Crippen LogP) is 2.11. The first-order chi connectivity index (χ1) is 10.0. The molecule has 1 aromatic carbocycles. The minimum absolute atomic E-state index is 0.329. The highest BCUT2D eigenvalue weighted by atomic mass is 16.5. The summed E-state index contributed by atoms with van der Waals surface area (Å²) in [6.07, 6.45) is 1.94. The van der Waals surface area contributed by atoms with E-state index in [9.17, 15) is 14.7 Å². The van der Waals surface area contributed by atoms with Crippen LogP contribution in [0.5, 0.6) is 0 Å². The van der Waals surface area contributed by atoms with Crippen molar-refractivity contribution < 1.29 is 19.4 Å². The first-order valence-corrected chi connectivity index (χ1v) is 7.24. The number of hydrogen-bond donors (Lipinski definition) is 2. The number of benzene rings is 1. The number of carboxylic acid groups (broad SMARTS) is 1.